The van der Waals surface area contributed by atoms with E-state index >= 15 is 0 Å². The van der Waals surface area contributed by atoms with E-state index in [0.29, 0.717) is 24.3 Å². The van der Waals surface area contributed by atoms with Crippen LogP contribution in [-0.2, 0) is 9.53 Å². The van der Waals surface area contributed by atoms with Crippen LogP contribution in [0.3, 0.4) is 0 Å². The minimum atomic E-state index is 0.175. The molecule has 0 amide bonds. The van der Waals surface area contributed by atoms with E-state index in [9.17, 15) is 4.79 Å². The largest absolute Gasteiger partial charge is 0.381 e. The Labute approximate surface area is 105 Å². The van der Waals surface area contributed by atoms with E-state index in [-0.39, 0.29) is 5.92 Å². The molecule has 0 spiro atoms. The highest BCUT2D eigenvalue weighted by Gasteiger charge is 2.31. The predicted molar refractivity (Wildman–Crippen MR) is 68.0 cm³/mol. The third kappa shape index (κ3) is 3.29. The molecule has 0 aliphatic carbocycles. The second-order valence-corrected chi connectivity index (χ2v) is 5.97. The molecular formula is C14H25NO2. The quantitative estimate of drug-likeness (QED) is 0.752. The topological polar surface area (TPSA) is 29.5 Å². The molecule has 0 radical (unpaired) electrons. The first-order valence-corrected chi connectivity index (χ1v) is 6.96. The fourth-order valence-electron chi connectivity index (χ4n) is 2.74. The lowest BCUT2D eigenvalue weighted by molar-refractivity contribution is -0.124. The Morgan fingerprint density at radius 3 is 2.65 bits per heavy atom. The molecule has 3 heteroatoms. The Balaban J connectivity index is 1.76. The number of hydrogen-bond donors (Lipinski definition) is 0. The second kappa shape index (κ2) is 5.49. The maximum atomic E-state index is 12.0. The number of nitrogens with zero attached hydrogens (tertiary/aromatic N) is 1. The van der Waals surface area contributed by atoms with Crippen LogP contribution >= 0.6 is 0 Å². The molecule has 3 nitrogen and oxygen atoms in total. The van der Waals surface area contributed by atoms with Crippen molar-refractivity contribution in [1.82, 2.24) is 4.90 Å². The van der Waals surface area contributed by atoms with Gasteiger partial charge in [-0.2, -0.15) is 0 Å². The molecule has 0 saturated carbocycles. The first-order chi connectivity index (χ1) is 8.13. The van der Waals surface area contributed by atoms with Crippen molar-refractivity contribution < 1.29 is 9.53 Å². The lowest BCUT2D eigenvalue weighted by atomic mass is 9.78. The van der Waals surface area contributed by atoms with Crippen molar-refractivity contribution >= 4 is 5.78 Å². The van der Waals surface area contributed by atoms with Gasteiger partial charge in [0, 0.05) is 12.5 Å². The molecule has 2 rings (SSSR count). The molecule has 0 aromatic carbocycles. The number of carbonyl (C=O) groups excluding carboxylic acids is 1. The summed E-state index contributed by atoms with van der Waals surface area (Å²) in [7, 11) is 0. The summed E-state index contributed by atoms with van der Waals surface area (Å²) in [6, 6.07) is 0. The van der Waals surface area contributed by atoms with Crippen molar-refractivity contribution in [2.24, 2.45) is 11.3 Å². The molecule has 0 aromatic heterocycles. The fraction of sp³-hybridized carbons (Fsp3) is 0.929. The van der Waals surface area contributed by atoms with Crippen molar-refractivity contribution in [3.05, 3.63) is 0 Å². The highest BCUT2D eigenvalue weighted by Crippen LogP contribution is 2.33. The van der Waals surface area contributed by atoms with Gasteiger partial charge in [0.15, 0.2) is 5.78 Å². The number of piperidine rings is 1. The summed E-state index contributed by atoms with van der Waals surface area (Å²) in [5.74, 6) is 0.567. The van der Waals surface area contributed by atoms with Gasteiger partial charge in [0.2, 0.25) is 0 Å². The van der Waals surface area contributed by atoms with Gasteiger partial charge >= 0.3 is 0 Å². The van der Waals surface area contributed by atoms with Gasteiger partial charge < -0.3 is 4.74 Å². The minimum Gasteiger partial charge on any atom is -0.381 e. The fourth-order valence-corrected chi connectivity index (χ4v) is 2.74. The molecular weight excluding hydrogens is 214 g/mol. The first-order valence-electron chi connectivity index (χ1n) is 6.96. The van der Waals surface area contributed by atoms with Crippen LogP contribution in [0.1, 0.15) is 39.5 Å². The monoisotopic (exact) mass is 239 g/mol. The average Bonchev–Trinajstić information content (AvgIpc) is 2.86. The van der Waals surface area contributed by atoms with Gasteiger partial charge in [0.25, 0.3) is 0 Å². The van der Waals surface area contributed by atoms with Crippen LogP contribution in [0, 0.1) is 11.3 Å². The average molecular weight is 239 g/mol. The van der Waals surface area contributed by atoms with Gasteiger partial charge in [-0.3, -0.25) is 9.69 Å². The van der Waals surface area contributed by atoms with Crippen LogP contribution in [0.25, 0.3) is 0 Å². The zero-order chi connectivity index (χ0) is 12.3. The van der Waals surface area contributed by atoms with Gasteiger partial charge in [-0.15, -0.1) is 0 Å². The molecule has 1 atom stereocenters. The van der Waals surface area contributed by atoms with Gasteiger partial charge in [0.05, 0.1) is 13.2 Å². The molecule has 98 valence electrons. The molecule has 2 saturated heterocycles. The smallest absolute Gasteiger partial charge is 0.152 e. The Morgan fingerprint density at radius 2 is 2.12 bits per heavy atom. The standard InChI is InChI=1S/C14H25NO2/c1-3-14(2)5-7-15(8-6-14)10-13(16)12-4-9-17-11-12/h12H,3-11H2,1-2H3. The molecule has 2 aliphatic heterocycles. The van der Waals surface area contributed by atoms with E-state index in [4.69, 9.17) is 4.74 Å². The molecule has 2 aliphatic rings. The lowest BCUT2D eigenvalue weighted by Crippen LogP contribution is -2.42. The number of ether oxygens (including phenoxy) is 1. The zero-order valence-electron chi connectivity index (χ0n) is 11.2. The summed E-state index contributed by atoms with van der Waals surface area (Å²) in [6.45, 7) is 8.89. The number of rotatable bonds is 4. The number of carbonyl (C=O) groups is 1. The van der Waals surface area contributed by atoms with Crippen LogP contribution < -0.4 is 0 Å². The van der Waals surface area contributed by atoms with Crippen LogP contribution in [0.5, 0.6) is 0 Å². The SMILES string of the molecule is CCC1(C)CCN(CC(=O)C2CCOC2)CC1. The lowest BCUT2D eigenvalue weighted by Gasteiger charge is -2.38. The highest BCUT2D eigenvalue weighted by atomic mass is 16.5. The normalized spacial score (nSPS) is 29.4. The second-order valence-electron chi connectivity index (χ2n) is 5.97. The van der Waals surface area contributed by atoms with Crippen molar-refractivity contribution in [2.45, 2.75) is 39.5 Å². The van der Waals surface area contributed by atoms with Crippen LogP contribution in [0.15, 0.2) is 0 Å². The Kier molecular flexibility index (Phi) is 4.21. The van der Waals surface area contributed by atoms with Gasteiger partial charge in [-0.1, -0.05) is 20.3 Å². The van der Waals surface area contributed by atoms with Crippen molar-refractivity contribution in [2.75, 3.05) is 32.8 Å². The summed E-state index contributed by atoms with van der Waals surface area (Å²) in [4.78, 5) is 14.4. The Bertz CT molecular complexity index is 263. The molecule has 2 fully saturated rings. The maximum absolute atomic E-state index is 12.0. The first kappa shape index (κ1) is 13.0. The molecule has 17 heavy (non-hydrogen) atoms. The number of ketones is 1. The molecule has 0 aromatic rings. The van der Waals surface area contributed by atoms with Gasteiger partial charge in [-0.05, 0) is 37.8 Å². The molecule has 1 unspecified atom stereocenters. The predicted octanol–water partition coefficient (Wildman–Crippen LogP) is 2.10. The molecule has 2 heterocycles. The van der Waals surface area contributed by atoms with Crippen molar-refractivity contribution in [1.29, 1.82) is 0 Å². The van der Waals surface area contributed by atoms with Crippen LogP contribution in [-0.4, -0.2) is 43.5 Å². The highest BCUT2D eigenvalue weighted by molar-refractivity contribution is 5.83. The minimum absolute atomic E-state index is 0.175. The zero-order valence-corrected chi connectivity index (χ0v) is 11.2. The van der Waals surface area contributed by atoms with E-state index in [1.807, 2.05) is 0 Å². The van der Waals surface area contributed by atoms with Crippen LogP contribution in [0.4, 0.5) is 0 Å². The Morgan fingerprint density at radius 1 is 1.41 bits per heavy atom. The number of Topliss-reactive ketones (excluding diaryl/α,β-unsaturated/α-hetero) is 1. The third-order valence-corrected chi connectivity index (χ3v) is 4.68. The van der Waals surface area contributed by atoms with E-state index in [1.165, 1.54) is 19.3 Å². The van der Waals surface area contributed by atoms with Gasteiger partial charge in [0.1, 0.15) is 0 Å². The summed E-state index contributed by atoms with van der Waals surface area (Å²) < 4.78 is 5.28. The maximum Gasteiger partial charge on any atom is 0.152 e. The number of hydrogen-bond acceptors (Lipinski definition) is 3. The summed E-state index contributed by atoms with van der Waals surface area (Å²) >= 11 is 0. The number of likely N-dealkylation sites (tertiary alicyclic amines) is 1. The van der Waals surface area contributed by atoms with E-state index < -0.39 is 0 Å². The van der Waals surface area contributed by atoms with E-state index in [2.05, 4.69) is 18.7 Å². The third-order valence-electron chi connectivity index (χ3n) is 4.68. The van der Waals surface area contributed by atoms with E-state index in [0.717, 1.165) is 26.1 Å². The molecule has 0 bridgehead atoms. The molecule has 0 N–H and O–H groups in total. The Hall–Kier alpha value is -0.410. The summed E-state index contributed by atoms with van der Waals surface area (Å²) in [5.41, 5.74) is 0.510. The summed E-state index contributed by atoms with van der Waals surface area (Å²) in [5, 5.41) is 0. The van der Waals surface area contributed by atoms with Crippen molar-refractivity contribution in [3.8, 4) is 0 Å². The van der Waals surface area contributed by atoms with Gasteiger partial charge in [-0.25, -0.2) is 0 Å². The summed E-state index contributed by atoms with van der Waals surface area (Å²) in [6.07, 6.45) is 4.65. The van der Waals surface area contributed by atoms with Crippen molar-refractivity contribution in [3.63, 3.8) is 0 Å². The van der Waals surface area contributed by atoms with E-state index in [1.54, 1.807) is 0 Å². The van der Waals surface area contributed by atoms with Crippen LogP contribution in [0.2, 0.25) is 0 Å².